The molecule has 0 aromatic carbocycles. The van der Waals surface area contributed by atoms with Crippen LogP contribution in [0, 0.1) is 0 Å². The zero-order chi connectivity index (χ0) is 10.6. The summed E-state index contributed by atoms with van der Waals surface area (Å²) >= 11 is 3.33. The third-order valence-electron chi connectivity index (χ3n) is 2.08. The number of nitrogens with one attached hydrogen (secondary N) is 1. The summed E-state index contributed by atoms with van der Waals surface area (Å²) < 4.78 is 1.10. The predicted octanol–water partition coefficient (Wildman–Crippen LogP) is 0.791. The van der Waals surface area contributed by atoms with Gasteiger partial charge in [-0.15, -0.1) is 0 Å². The first-order valence-corrected chi connectivity index (χ1v) is 5.62. The van der Waals surface area contributed by atoms with Gasteiger partial charge in [0.1, 0.15) is 0 Å². The summed E-state index contributed by atoms with van der Waals surface area (Å²) in [6.45, 7) is 0. The molecule has 0 aliphatic rings. The van der Waals surface area contributed by atoms with Gasteiger partial charge in [0.25, 0.3) is 5.56 Å². The Labute approximate surface area is 90.1 Å². The van der Waals surface area contributed by atoms with Gasteiger partial charge in [0.2, 0.25) is 0 Å². The van der Waals surface area contributed by atoms with E-state index < -0.39 is 0 Å². The van der Waals surface area contributed by atoms with Gasteiger partial charge >= 0.3 is 5.69 Å². The van der Waals surface area contributed by atoms with Gasteiger partial charge in [0.05, 0.1) is 0 Å². The Kier molecular flexibility index (Phi) is 4.13. The second kappa shape index (κ2) is 5.14. The number of hydrogen-bond acceptors (Lipinski definition) is 2. The molecule has 0 aliphatic heterocycles. The second-order valence-electron chi connectivity index (χ2n) is 3.13. The van der Waals surface area contributed by atoms with E-state index in [1.54, 1.807) is 0 Å². The first-order valence-electron chi connectivity index (χ1n) is 4.50. The highest BCUT2D eigenvalue weighted by Crippen LogP contribution is 1.99. The van der Waals surface area contributed by atoms with Crippen LogP contribution in [0.2, 0.25) is 0 Å². The van der Waals surface area contributed by atoms with Crippen LogP contribution in [0.15, 0.2) is 15.8 Å². The number of hydrogen-bond donors (Lipinski definition) is 1. The van der Waals surface area contributed by atoms with Crippen LogP contribution < -0.4 is 11.2 Å². The predicted molar refractivity (Wildman–Crippen MR) is 59.0 cm³/mol. The Morgan fingerprint density at radius 3 is 2.79 bits per heavy atom. The summed E-state index contributed by atoms with van der Waals surface area (Å²) in [5, 5.41) is 0.941. The molecule has 1 aromatic heterocycles. The molecule has 1 rings (SSSR count). The SMILES string of the molecule is Cn1c(=O)[nH]cc(CCCCBr)c1=O. The summed E-state index contributed by atoms with van der Waals surface area (Å²) in [6.07, 6.45) is 4.21. The Bertz CT molecular complexity index is 408. The molecule has 0 saturated carbocycles. The first-order chi connectivity index (χ1) is 6.66. The number of aromatic amines is 1. The van der Waals surface area contributed by atoms with E-state index in [9.17, 15) is 9.59 Å². The van der Waals surface area contributed by atoms with E-state index in [1.807, 2.05) is 0 Å². The Balaban J connectivity index is 2.84. The quantitative estimate of drug-likeness (QED) is 0.643. The van der Waals surface area contributed by atoms with E-state index in [4.69, 9.17) is 0 Å². The van der Waals surface area contributed by atoms with Crippen molar-refractivity contribution in [1.82, 2.24) is 9.55 Å². The maximum Gasteiger partial charge on any atom is 0.328 e. The molecule has 0 unspecified atom stereocenters. The number of aromatic nitrogens is 2. The number of nitrogens with zero attached hydrogens (tertiary/aromatic N) is 1. The average Bonchev–Trinajstić information content (AvgIpc) is 2.18. The van der Waals surface area contributed by atoms with Crippen LogP contribution in [0.3, 0.4) is 0 Å². The summed E-state index contributed by atoms with van der Waals surface area (Å²) in [5.74, 6) is 0. The molecular formula is C9H13BrN2O2. The fraction of sp³-hybridized carbons (Fsp3) is 0.556. The molecule has 1 aromatic rings. The number of H-pyrrole nitrogens is 1. The van der Waals surface area contributed by atoms with Crippen LogP contribution >= 0.6 is 15.9 Å². The highest BCUT2D eigenvalue weighted by Gasteiger charge is 2.02. The minimum absolute atomic E-state index is 0.191. The van der Waals surface area contributed by atoms with Crippen LogP contribution in [-0.4, -0.2) is 14.9 Å². The van der Waals surface area contributed by atoms with Crippen molar-refractivity contribution >= 4 is 15.9 Å². The van der Waals surface area contributed by atoms with Gasteiger partial charge in [0.15, 0.2) is 0 Å². The molecule has 0 radical (unpaired) electrons. The fourth-order valence-electron chi connectivity index (χ4n) is 1.20. The van der Waals surface area contributed by atoms with Gasteiger partial charge in [-0.05, 0) is 19.3 Å². The lowest BCUT2D eigenvalue weighted by atomic mass is 10.1. The highest BCUT2D eigenvalue weighted by atomic mass is 79.9. The van der Waals surface area contributed by atoms with Crippen LogP contribution in [0.5, 0.6) is 0 Å². The largest absolute Gasteiger partial charge is 0.328 e. The molecule has 14 heavy (non-hydrogen) atoms. The van der Waals surface area contributed by atoms with E-state index in [0.717, 1.165) is 29.2 Å². The maximum atomic E-state index is 11.5. The van der Waals surface area contributed by atoms with Crippen LogP contribution in [-0.2, 0) is 13.5 Å². The minimum Gasteiger partial charge on any atom is -0.314 e. The van der Waals surface area contributed by atoms with Gasteiger partial charge in [-0.25, -0.2) is 4.79 Å². The van der Waals surface area contributed by atoms with Crippen molar-refractivity contribution in [2.45, 2.75) is 19.3 Å². The third-order valence-corrected chi connectivity index (χ3v) is 2.64. The molecule has 0 saturated heterocycles. The molecule has 0 spiro atoms. The van der Waals surface area contributed by atoms with Crippen molar-refractivity contribution in [3.05, 3.63) is 32.6 Å². The van der Waals surface area contributed by atoms with Crippen molar-refractivity contribution < 1.29 is 0 Å². The topological polar surface area (TPSA) is 54.9 Å². The highest BCUT2D eigenvalue weighted by molar-refractivity contribution is 9.09. The smallest absolute Gasteiger partial charge is 0.314 e. The maximum absolute atomic E-state index is 11.5. The minimum atomic E-state index is -0.362. The van der Waals surface area contributed by atoms with Gasteiger partial charge in [-0.1, -0.05) is 15.9 Å². The van der Waals surface area contributed by atoms with Crippen molar-refractivity contribution in [1.29, 1.82) is 0 Å². The number of halogens is 1. The Hall–Kier alpha value is -0.840. The monoisotopic (exact) mass is 260 g/mol. The van der Waals surface area contributed by atoms with Crippen molar-refractivity contribution in [3.8, 4) is 0 Å². The molecule has 0 bridgehead atoms. The molecule has 1 N–H and O–H groups in total. The zero-order valence-electron chi connectivity index (χ0n) is 8.05. The van der Waals surface area contributed by atoms with Gasteiger partial charge < -0.3 is 4.98 Å². The van der Waals surface area contributed by atoms with Crippen LogP contribution in [0.1, 0.15) is 18.4 Å². The van der Waals surface area contributed by atoms with Crippen molar-refractivity contribution in [3.63, 3.8) is 0 Å². The van der Waals surface area contributed by atoms with E-state index in [1.165, 1.54) is 13.2 Å². The number of rotatable bonds is 4. The summed E-state index contributed by atoms with van der Waals surface area (Å²) in [6, 6.07) is 0. The Morgan fingerprint density at radius 2 is 2.14 bits per heavy atom. The van der Waals surface area contributed by atoms with E-state index >= 15 is 0 Å². The normalized spacial score (nSPS) is 10.4. The van der Waals surface area contributed by atoms with E-state index in [-0.39, 0.29) is 11.2 Å². The molecule has 0 aliphatic carbocycles. The molecule has 4 nitrogen and oxygen atoms in total. The molecular weight excluding hydrogens is 248 g/mol. The summed E-state index contributed by atoms with van der Waals surface area (Å²) in [5.41, 5.74) is 0.121. The zero-order valence-corrected chi connectivity index (χ0v) is 9.63. The number of aryl methyl sites for hydroxylation is 1. The molecule has 78 valence electrons. The van der Waals surface area contributed by atoms with Gasteiger partial charge in [-0.3, -0.25) is 9.36 Å². The number of unbranched alkanes of at least 4 members (excludes halogenated alkanes) is 1. The van der Waals surface area contributed by atoms with Crippen LogP contribution in [0.25, 0.3) is 0 Å². The Morgan fingerprint density at radius 1 is 1.43 bits per heavy atom. The lowest BCUT2D eigenvalue weighted by Gasteiger charge is -2.01. The molecule has 0 amide bonds. The van der Waals surface area contributed by atoms with E-state index in [0.29, 0.717) is 5.56 Å². The second-order valence-corrected chi connectivity index (χ2v) is 3.92. The van der Waals surface area contributed by atoms with Gasteiger partial charge in [0, 0.05) is 24.1 Å². The average molecular weight is 261 g/mol. The molecule has 1 heterocycles. The van der Waals surface area contributed by atoms with Gasteiger partial charge in [-0.2, -0.15) is 0 Å². The van der Waals surface area contributed by atoms with Crippen LogP contribution in [0.4, 0.5) is 0 Å². The molecule has 0 atom stereocenters. The lowest BCUT2D eigenvalue weighted by Crippen LogP contribution is -2.34. The summed E-state index contributed by atoms with van der Waals surface area (Å²) in [4.78, 5) is 25.1. The van der Waals surface area contributed by atoms with E-state index in [2.05, 4.69) is 20.9 Å². The fourth-order valence-corrected chi connectivity index (χ4v) is 1.60. The molecule has 0 fully saturated rings. The number of alkyl halides is 1. The first kappa shape index (κ1) is 11.2. The van der Waals surface area contributed by atoms with Crippen molar-refractivity contribution in [2.75, 3.05) is 5.33 Å². The van der Waals surface area contributed by atoms with Crippen molar-refractivity contribution in [2.24, 2.45) is 7.05 Å². The summed E-state index contributed by atoms with van der Waals surface area (Å²) in [7, 11) is 1.48. The standard InChI is InChI=1S/C9H13BrN2O2/c1-12-8(13)7(4-2-3-5-10)6-11-9(12)14/h6H,2-5H2,1H3,(H,11,14). The third kappa shape index (κ3) is 2.57. The molecule has 5 heteroatoms. The lowest BCUT2D eigenvalue weighted by molar-refractivity contribution is 0.725.